The molecule has 0 amide bonds. The van der Waals surface area contributed by atoms with Gasteiger partial charge in [0, 0.05) is 28.2 Å². The maximum absolute atomic E-state index is 10.1. The first-order chi connectivity index (χ1) is 4.88. The summed E-state index contributed by atoms with van der Waals surface area (Å²) in [5.74, 6) is 0. The molecular weight excluding hydrogens is 150 g/mol. The van der Waals surface area contributed by atoms with E-state index in [2.05, 4.69) is 0 Å². The fourth-order valence-electron chi connectivity index (χ4n) is 0.631. The highest BCUT2D eigenvalue weighted by molar-refractivity contribution is 7.93. The van der Waals surface area contributed by atoms with Crippen molar-refractivity contribution in [2.24, 2.45) is 0 Å². The molecule has 0 atom stereocenters. The van der Waals surface area contributed by atoms with Gasteiger partial charge in [-0.05, 0) is 6.07 Å². The molecule has 0 aliphatic rings. The molecule has 52 valence electrons. The lowest BCUT2D eigenvalue weighted by atomic mass is 10.3. The Kier molecular flexibility index (Phi) is 2.42. The van der Waals surface area contributed by atoms with E-state index in [1.807, 2.05) is 0 Å². The van der Waals surface area contributed by atoms with Crippen molar-refractivity contribution in [3.8, 4) is 0 Å². The Balaban J connectivity index is 3.08. The summed E-state index contributed by atoms with van der Waals surface area (Å²) in [6, 6.07) is 6.73. The lowest BCUT2D eigenvalue weighted by Gasteiger charge is -1.89. The molecule has 10 heavy (non-hydrogen) atoms. The van der Waals surface area contributed by atoms with Gasteiger partial charge in [0.1, 0.15) is 4.90 Å². The number of para-hydroxylation sites is 1. The molecule has 0 heterocycles. The largest absolute Gasteiger partial charge is 0.325 e. The lowest BCUT2D eigenvalue weighted by Crippen LogP contribution is -2.56. The Bertz CT molecular complexity index is 239. The molecule has 0 aromatic heterocycles. The number of nitroso groups, excluding NO2 is 1. The smallest absolute Gasteiger partial charge is 0.269 e. The molecule has 0 fully saturated rings. The minimum atomic E-state index is 0.398. The number of hydrogen-bond acceptors (Lipinski definition) is 3. The molecule has 0 bridgehead atoms. The maximum Gasteiger partial charge on any atom is 0.269 e. The van der Waals surface area contributed by atoms with E-state index in [9.17, 15) is 4.91 Å². The number of rotatable bonds is 2. The predicted octanol–water partition coefficient (Wildman–Crippen LogP) is 0.730. The zero-order valence-electron chi connectivity index (χ0n) is 5.07. The molecule has 1 aromatic rings. The minimum Gasteiger partial charge on any atom is -0.325 e. The average Bonchev–Trinajstić information content (AvgIpc) is 2.04. The summed E-state index contributed by atoms with van der Waals surface area (Å²) in [5, 5.41) is 1.72. The van der Waals surface area contributed by atoms with Crippen LogP contribution in [0.2, 0.25) is 0 Å². The van der Waals surface area contributed by atoms with Crippen LogP contribution in [0.25, 0.3) is 0 Å². The van der Waals surface area contributed by atoms with Crippen LogP contribution in [0.3, 0.4) is 0 Å². The predicted molar refractivity (Wildman–Crippen MR) is 38.9 cm³/mol. The van der Waals surface area contributed by atoms with Crippen molar-refractivity contribution in [3.05, 3.63) is 29.2 Å². The first kappa shape index (κ1) is 7.24. The van der Waals surface area contributed by atoms with Gasteiger partial charge in [-0.3, -0.25) is 0 Å². The van der Waals surface area contributed by atoms with Crippen LogP contribution in [-0.4, -0.2) is 4.55 Å². The van der Waals surface area contributed by atoms with Crippen LogP contribution in [-0.2, 0) is 0 Å². The molecule has 0 saturated carbocycles. The second kappa shape index (κ2) is 3.34. The van der Waals surface area contributed by atoms with Crippen molar-refractivity contribution in [2.45, 2.75) is 4.90 Å². The van der Waals surface area contributed by atoms with Crippen molar-refractivity contribution in [3.63, 3.8) is 0 Å². The third-order valence-corrected chi connectivity index (χ3v) is 1.65. The van der Waals surface area contributed by atoms with Crippen LogP contribution < -0.4 is 5.18 Å². The summed E-state index contributed by atoms with van der Waals surface area (Å²) in [7, 11) is 0. The van der Waals surface area contributed by atoms with Gasteiger partial charge in [0.2, 0.25) is 0 Å². The fraction of sp³-hybridized carbons (Fsp3) is 0. The molecule has 0 saturated heterocycles. The Morgan fingerprint density at radius 3 is 2.60 bits per heavy atom. The van der Waals surface area contributed by atoms with Crippen LogP contribution in [0.5, 0.6) is 0 Å². The summed E-state index contributed by atoms with van der Waals surface area (Å²) >= 11 is 0.557. The molecule has 0 aliphatic heterocycles. The van der Waals surface area contributed by atoms with Crippen molar-refractivity contribution >= 4 is 17.7 Å². The summed E-state index contributed by atoms with van der Waals surface area (Å²) in [6.45, 7) is 0. The van der Waals surface area contributed by atoms with Crippen LogP contribution in [0, 0.1) is 4.91 Å². The van der Waals surface area contributed by atoms with E-state index in [4.69, 9.17) is 4.55 Å². The molecule has 0 unspecified atom stereocenters. The molecule has 4 heteroatoms. The molecular formula is C6H6NO2S+. The van der Waals surface area contributed by atoms with Crippen molar-refractivity contribution in [1.82, 2.24) is 0 Å². The van der Waals surface area contributed by atoms with E-state index in [1.54, 1.807) is 29.4 Å². The zero-order valence-corrected chi connectivity index (χ0v) is 5.89. The van der Waals surface area contributed by atoms with Gasteiger partial charge in [-0.1, -0.05) is 12.1 Å². The Morgan fingerprint density at radius 1 is 1.40 bits per heavy atom. The summed E-state index contributed by atoms with van der Waals surface area (Å²) in [4.78, 5) is 10.7. The van der Waals surface area contributed by atoms with E-state index < -0.39 is 0 Å². The van der Waals surface area contributed by atoms with Crippen molar-refractivity contribution in [1.29, 1.82) is 0 Å². The van der Waals surface area contributed by atoms with Crippen molar-refractivity contribution in [2.75, 3.05) is 0 Å². The summed E-state index contributed by atoms with van der Waals surface area (Å²) in [6.07, 6.45) is 0. The van der Waals surface area contributed by atoms with Crippen LogP contribution >= 0.6 is 12.0 Å². The van der Waals surface area contributed by atoms with Gasteiger partial charge in [0.25, 0.3) is 5.69 Å². The van der Waals surface area contributed by atoms with E-state index in [0.29, 0.717) is 22.6 Å². The second-order valence-corrected chi connectivity index (χ2v) is 2.31. The van der Waals surface area contributed by atoms with Gasteiger partial charge < -0.3 is 4.55 Å². The van der Waals surface area contributed by atoms with Gasteiger partial charge >= 0.3 is 0 Å². The van der Waals surface area contributed by atoms with Crippen LogP contribution in [0.1, 0.15) is 0 Å². The first-order valence-corrected chi connectivity index (χ1v) is 3.44. The third-order valence-electron chi connectivity index (χ3n) is 1.10. The molecule has 2 N–H and O–H groups in total. The highest BCUT2D eigenvalue weighted by Gasteiger charge is 2.05. The SMILES string of the molecule is O=[NH+]c1ccccc1SO. The lowest BCUT2D eigenvalue weighted by molar-refractivity contribution is -0.382. The summed E-state index contributed by atoms with van der Waals surface area (Å²) in [5.41, 5.74) is 0.398. The summed E-state index contributed by atoms with van der Waals surface area (Å²) < 4.78 is 8.59. The number of benzene rings is 1. The average molecular weight is 156 g/mol. The Morgan fingerprint density at radius 2 is 2.10 bits per heavy atom. The van der Waals surface area contributed by atoms with Crippen molar-refractivity contribution < 1.29 is 9.73 Å². The van der Waals surface area contributed by atoms with Crippen LogP contribution in [0.15, 0.2) is 29.2 Å². The van der Waals surface area contributed by atoms with E-state index in [-0.39, 0.29) is 0 Å². The standard InChI is InChI=1S/C6H5NO2S/c8-7-5-3-1-2-4-6(5)10-9/h1-4,9H/p+1. The normalized spacial score (nSPS) is 9.30. The quantitative estimate of drug-likeness (QED) is 0.620. The van der Waals surface area contributed by atoms with E-state index >= 15 is 0 Å². The molecule has 0 aliphatic carbocycles. The first-order valence-electron chi connectivity index (χ1n) is 2.67. The Labute approximate surface area is 62.3 Å². The molecule has 0 spiro atoms. The number of nitrogens with one attached hydrogen (secondary N) is 1. The zero-order chi connectivity index (χ0) is 7.40. The van der Waals surface area contributed by atoms with Gasteiger partial charge in [-0.2, -0.15) is 0 Å². The minimum absolute atomic E-state index is 0.398. The highest BCUT2D eigenvalue weighted by Crippen LogP contribution is 2.19. The van der Waals surface area contributed by atoms with Gasteiger partial charge in [-0.25, -0.2) is 0 Å². The van der Waals surface area contributed by atoms with Gasteiger partial charge in [-0.15, -0.1) is 0 Å². The fourth-order valence-corrected chi connectivity index (χ4v) is 0.978. The second-order valence-electron chi connectivity index (χ2n) is 1.69. The van der Waals surface area contributed by atoms with E-state index in [1.165, 1.54) is 0 Å². The monoisotopic (exact) mass is 156 g/mol. The van der Waals surface area contributed by atoms with Gasteiger partial charge in [0.05, 0.1) is 0 Å². The van der Waals surface area contributed by atoms with E-state index in [0.717, 1.165) is 0 Å². The topological polar surface area (TPSA) is 51.3 Å². The third kappa shape index (κ3) is 1.34. The maximum atomic E-state index is 10.1. The molecule has 0 radical (unpaired) electrons. The molecule has 1 aromatic carbocycles. The van der Waals surface area contributed by atoms with Crippen LogP contribution in [0.4, 0.5) is 5.69 Å². The highest BCUT2D eigenvalue weighted by atomic mass is 32.2. The number of hydrogen-bond donors (Lipinski definition) is 2. The van der Waals surface area contributed by atoms with Gasteiger partial charge in [0.15, 0.2) is 0 Å². The molecule has 1 rings (SSSR count). The molecule has 3 nitrogen and oxygen atoms in total. The Hall–Kier alpha value is -0.870.